The quantitative estimate of drug-likeness (QED) is 0.737. The minimum Gasteiger partial charge on any atom is -0.360 e. The molecular formula is C13H22N2O2. The van der Waals surface area contributed by atoms with Crippen molar-refractivity contribution in [3.63, 3.8) is 0 Å². The molecule has 2 atom stereocenters. The minimum absolute atomic E-state index is 0.135. The molecule has 1 heterocycles. The number of carbonyl (C=O) groups is 1. The van der Waals surface area contributed by atoms with Crippen molar-refractivity contribution in [3.05, 3.63) is 0 Å². The first-order valence-corrected chi connectivity index (χ1v) is 6.13. The van der Waals surface area contributed by atoms with Gasteiger partial charge in [-0.25, -0.2) is 0 Å². The lowest BCUT2D eigenvalue weighted by Gasteiger charge is -2.33. The van der Waals surface area contributed by atoms with Crippen molar-refractivity contribution in [2.75, 3.05) is 19.7 Å². The standard InChI is InChI=1S/C13H22N2O2/c1-10(13(2,3)4)7-12(16)15-5-6-17-11(8-14)9-15/h10-11H,5-7,9H2,1-4H3. The van der Waals surface area contributed by atoms with E-state index in [1.165, 1.54) is 0 Å². The van der Waals surface area contributed by atoms with Crippen LogP contribution in [-0.2, 0) is 9.53 Å². The van der Waals surface area contributed by atoms with E-state index in [0.717, 1.165) is 0 Å². The second-order valence-corrected chi connectivity index (χ2v) is 5.80. The summed E-state index contributed by atoms with van der Waals surface area (Å²) in [7, 11) is 0. The number of hydrogen-bond donors (Lipinski definition) is 0. The Morgan fingerprint density at radius 1 is 1.59 bits per heavy atom. The van der Waals surface area contributed by atoms with Crippen molar-refractivity contribution in [3.8, 4) is 6.07 Å². The molecule has 1 aliphatic heterocycles. The van der Waals surface area contributed by atoms with Gasteiger partial charge < -0.3 is 9.64 Å². The van der Waals surface area contributed by atoms with Crippen LogP contribution in [0.3, 0.4) is 0 Å². The molecule has 1 aliphatic rings. The summed E-state index contributed by atoms with van der Waals surface area (Å²) in [6.07, 6.45) is 0.0828. The number of nitriles is 1. The number of hydrogen-bond acceptors (Lipinski definition) is 3. The molecule has 96 valence electrons. The highest BCUT2D eigenvalue weighted by Gasteiger charge is 2.28. The maximum absolute atomic E-state index is 12.1. The molecule has 0 aromatic carbocycles. The van der Waals surface area contributed by atoms with Gasteiger partial charge in [-0.3, -0.25) is 4.79 Å². The molecule has 4 nitrogen and oxygen atoms in total. The van der Waals surface area contributed by atoms with E-state index < -0.39 is 6.10 Å². The van der Waals surface area contributed by atoms with Gasteiger partial charge in [0.1, 0.15) is 0 Å². The zero-order valence-corrected chi connectivity index (χ0v) is 11.2. The molecule has 0 aromatic rings. The van der Waals surface area contributed by atoms with E-state index >= 15 is 0 Å². The summed E-state index contributed by atoms with van der Waals surface area (Å²) in [5.41, 5.74) is 0.135. The van der Waals surface area contributed by atoms with Gasteiger partial charge >= 0.3 is 0 Å². The van der Waals surface area contributed by atoms with E-state index in [-0.39, 0.29) is 11.3 Å². The predicted octanol–water partition coefficient (Wildman–Crippen LogP) is 1.81. The molecule has 2 unspecified atom stereocenters. The van der Waals surface area contributed by atoms with E-state index in [2.05, 4.69) is 33.8 Å². The number of amides is 1. The van der Waals surface area contributed by atoms with Crippen LogP contribution >= 0.6 is 0 Å². The van der Waals surface area contributed by atoms with Gasteiger partial charge in [-0.05, 0) is 11.3 Å². The smallest absolute Gasteiger partial charge is 0.223 e. The molecule has 1 amide bonds. The zero-order valence-electron chi connectivity index (χ0n) is 11.2. The highest BCUT2D eigenvalue weighted by atomic mass is 16.5. The normalized spacial score (nSPS) is 23.0. The van der Waals surface area contributed by atoms with E-state index in [0.29, 0.717) is 32.0 Å². The van der Waals surface area contributed by atoms with Gasteiger partial charge in [0.2, 0.25) is 5.91 Å². The largest absolute Gasteiger partial charge is 0.360 e. The summed E-state index contributed by atoms with van der Waals surface area (Å²) >= 11 is 0. The van der Waals surface area contributed by atoms with Crippen LogP contribution in [0.2, 0.25) is 0 Å². The Morgan fingerprint density at radius 2 is 2.24 bits per heavy atom. The molecule has 0 aromatic heterocycles. The Bertz CT molecular complexity index is 314. The lowest BCUT2D eigenvalue weighted by atomic mass is 9.80. The molecule has 4 heteroatoms. The molecule has 0 radical (unpaired) electrons. The third-order valence-corrected chi connectivity index (χ3v) is 3.52. The monoisotopic (exact) mass is 238 g/mol. The van der Waals surface area contributed by atoms with Gasteiger partial charge in [-0.1, -0.05) is 27.7 Å². The predicted molar refractivity (Wildman–Crippen MR) is 65.2 cm³/mol. The highest BCUT2D eigenvalue weighted by Crippen LogP contribution is 2.28. The number of morpholine rings is 1. The van der Waals surface area contributed by atoms with Crippen LogP contribution in [0.5, 0.6) is 0 Å². The summed E-state index contributed by atoms with van der Waals surface area (Å²) in [6, 6.07) is 2.06. The van der Waals surface area contributed by atoms with Crippen LogP contribution in [0.15, 0.2) is 0 Å². The topological polar surface area (TPSA) is 53.3 Å². The molecule has 1 rings (SSSR count). The molecule has 17 heavy (non-hydrogen) atoms. The van der Waals surface area contributed by atoms with E-state index in [9.17, 15) is 4.79 Å². The van der Waals surface area contributed by atoms with Crippen LogP contribution < -0.4 is 0 Å². The second-order valence-electron chi connectivity index (χ2n) is 5.80. The van der Waals surface area contributed by atoms with Gasteiger partial charge in [-0.2, -0.15) is 5.26 Å². The van der Waals surface area contributed by atoms with Crippen molar-refractivity contribution in [1.82, 2.24) is 4.90 Å². The van der Waals surface area contributed by atoms with Crippen LogP contribution in [0, 0.1) is 22.7 Å². The Balaban J connectivity index is 2.51. The summed E-state index contributed by atoms with van der Waals surface area (Å²) in [6.45, 7) is 10.0. The zero-order chi connectivity index (χ0) is 13.1. The fourth-order valence-electron chi connectivity index (χ4n) is 1.65. The van der Waals surface area contributed by atoms with Crippen molar-refractivity contribution in [1.29, 1.82) is 5.26 Å². The first kappa shape index (κ1) is 14.0. The average Bonchev–Trinajstić information content (AvgIpc) is 2.27. The lowest BCUT2D eigenvalue weighted by Crippen LogP contribution is -2.45. The number of carbonyl (C=O) groups excluding carboxylic acids is 1. The maximum atomic E-state index is 12.1. The lowest BCUT2D eigenvalue weighted by molar-refractivity contribution is -0.138. The SMILES string of the molecule is CC(CC(=O)N1CCOC(C#N)C1)C(C)(C)C. The number of ether oxygens (including phenoxy) is 1. The van der Waals surface area contributed by atoms with Gasteiger partial charge in [0.05, 0.1) is 19.2 Å². The van der Waals surface area contributed by atoms with Crippen molar-refractivity contribution < 1.29 is 9.53 Å². The van der Waals surface area contributed by atoms with Gasteiger partial charge in [0.15, 0.2) is 6.10 Å². The first-order valence-electron chi connectivity index (χ1n) is 6.13. The van der Waals surface area contributed by atoms with Crippen molar-refractivity contribution in [2.45, 2.75) is 40.2 Å². The molecule has 0 saturated carbocycles. The number of nitrogens with zero attached hydrogens (tertiary/aromatic N) is 2. The molecule has 1 fully saturated rings. The molecule has 0 bridgehead atoms. The summed E-state index contributed by atoms with van der Waals surface area (Å²) in [5.74, 6) is 0.467. The van der Waals surface area contributed by atoms with Gasteiger partial charge in [0, 0.05) is 13.0 Å². The first-order chi connectivity index (χ1) is 7.84. The third kappa shape index (κ3) is 4.01. The second kappa shape index (κ2) is 5.50. The van der Waals surface area contributed by atoms with Gasteiger partial charge in [-0.15, -0.1) is 0 Å². The molecule has 0 spiro atoms. The van der Waals surface area contributed by atoms with E-state index in [4.69, 9.17) is 10.00 Å². The fourth-order valence-corrected chi connectivity index (χ4v) is 1.65. The van der Waals surface area contributed by atoms with Crippen LogP contribution in [0.25, 0.3) is 0 Å². The summed E-state index contributed by atoms with van der Waals surface area (Å²) in [5, 5.41) is 8.79. The average molecular weight is 238 g/mol. The van der Waals surface area contributed by atoms with Crippen LogP contribution in [0.4, 0.5) is 0 Å². The maximum Gasteiger partial charge on any atom is 0.223 e. The number of rotatable bonds is 2. The summed E-state index contributed by atoms with van der Waals surface area (Å²) < 4.78 is 5.22. The summed E-state index contributed by atoms with van der Waals surface area (Å²) in [4.78, 5) is 13.8. The van der Waals surface area contributed by atoms with Crippen molar-refractivity contribution in [2.24, 2.45) is 11.3 Å². The molecule has 0 aliphatic carbocycles. The third-order valence-electron chi connectivity index (χ3n) is 3.52. The Hall–Kier alpha value is -1.08. The van der Waals surface area contributed by atoms with Gasteiger partial charge in [0.25, 0.3) is 0 Å². The molecular weight excluding hydrogens is 216 g/mol. The fraction of sp³-hybridized carbons (Fsp3) is 0.846. The Labute approximate surface area is 104 Å². The van der Waals surface area contributed by atoms with Crippen LogP contribution in [0.1, 0.15) is 34.1 Å². The Morgan fingerprint density at radius 3 is 2.76 bits per heavy atom. The molecule has 1 saturated heterocycles. The minimum atomic E-state index is -0.461. The molecule has 0 N–H and O–H groups in total. The van der Waals surface area contributed by atoms with E-state index in [1.807, 2.05) is 0 Å². The van der Waals surface area contributed by atoms with Crippen molar-refractivity contribution >= 4 is 5.91 Å². The Kier molecular flexibility index (Phi) is 4.53. The van der Waals surface area contributed by atoms with E-state index in [1.54, 1.807) is 4.90 Å². The van der Waals surface area contributed by atoms with Crippen LogP contribution in [-0.4, -0.2) is 36.6 Å². The highest BCUT2D eigenvalue weighted by molar-refractivity contribution is 5.76.